The number of hydrogen-bond acceptors (Lipinski definition) is 4. The molecule has 2 aromatic heterocycles. The van der Waals surface area contributed by atoms with Crippen molar-refractivity contribution in [3.8, 4) is 0 Å². The third-order valence-corrected chi connectivity index (χ3v) is 3.56. The molecule has 3 heterocycles. The second-order valence-corrected chi connectivity index (χ2v) is 4.94. The molecule has 5 nitrogen and oxygen atoms in total. The molecule has 18 heavy (non-hydrogen) atoms. The maximum atomic E-state index is 5.71. The third-order valence-electron chi connectivity index (χ3n) is 3.56. The van der Waals surface area contributed by atoms with E-state index in [2.05, 4.69) is 15.4 Å². The van der Waals surface area contributed by atoms with Crippen molar-refractivity contribution >= 4 is 5.65 Å². The van der Waals surface area contributed by atoms with E-state index >= 15 is 0 Å². The summed E-state index contributed by atoms with van der Waals surface area (Å²) < 4.78 is 1.87. The molecule has 0 spiro atoms. The van der Waals surface area contributed by atoms with Gasteiger partial charge in [0.2, 0.25) is 0 Å². The van der Waals surface area contributed by atoms with E-state index in [1.807, 2.05) is 22.7 Å². The molecule has 1 aliphatic heterocycles. The lowest BCUT2D eigenvalue weighted by Gasteiger charge is -2.21. The molecule has 0 radical (unpaired) electrons. The normalized spacial score (nSPS) is 20.4. The molecule has 0 bridgehead atoms. The molecule has 1 fully saturated rings. The lowest BCUT2D eigenvalue weighted by Crippen LogP contribution is -2.31. The van der Waals surface area contributed by atoms with Crippen LogP contribution in [0.4, 0.5) is 0 Å². The maximum Gasteiger partial charge on any atom is 0.155 e. The van der Waals surface area contributed by atoms with Crippen LogP contribution in [0, 0.1) is 5.92 Å². The van der Waals surface area contributed by atoms with Crippen molar-refractivity contribution in [1.82, 2.24) is 19.9 Å². The van der Waals surface area contributed by atoms with Gasteiger partial charge in [0, 0.05) is 13.0 Å². The number of hydrogen-bond donors (Lipinski definition) is 2. The zero-order valence-corrected chi connectivity index (χ0v) is 10.5. The molecule has 0 aromatic carbocycles. The second kappa shape index (κ2) is 5.04. The van der Waals surface area contributed by atoms with Gasteiger partial charge in [0.1, 0.15) is 0 Å². The first kappa shape index (κ1) is 11.6. The minimum atomic E-state index is 0.491. The average Bonchev–Trinajstić information content (AvgIpc) is 2.82. The SMILES string of the molecule is NCc1cccc2nc(CC3CCCNC3)nn12. The summed E-state index contributed by atoms with van der Waals surface area (Å²) in [7, 11) is 0. The highest BCUT2D eigenvalue weighted by Crippen LogP contribution is 2.15. The molecule has 3 rings (SSSR count). The van der Waals surface area contributed by atoms with E-state index in [-0.39, 0.29) is 0 Å². The predicted octanol–water partition coefficient (Wildman–Crippen LogP) is 0.730. The lowest BCUT2D eigenvalue weighted by molar-refractivity contribution is 0.370. The summed E-state index contributed by atoms with van der Waals surface area (Å²) in [4.78, 5) is 4.58. The summed E-state index contributed by atoms with van der Waals surface area (Å²) in [5.74, 6) is 1.60. The minimum absolute atomic E-state index is 0.491. The van der Waals surface area contributed by atoms with Gasteiger partial charge in [-0.1, -0.05) is 6.07 Å². The van der Waals surface area contributed by atoms with Crippen LogP contribution in [-0.2, 0) is 13.0 Å². The number of aromatic nitrogens is 3. The number of piperidine rings is 1. The molecule has 1 aliphatic rings. The van der Waals surface area contributed by atoms with Gasteiger partial charge < -0.3 is 11.1 Å². The van der Waals surface area contributed by atoms with Crippen LogP contribution < -0.4 is 11.1 Å². The molecule has 0 amide bonds. The fraction of sp³-hybridized carbons (Fsp3) is 0.538. The van der Waals surface area contributed by atoms with Crippen LogP contribution in [0.2, 0.25) is 0 Å². The average molecular weight is 245 g/mol. The van der Waals surface area contributed by atoms with Crippen LogP contribution in [0.15, 0.2) is 18.2 Å². The van der Waals surface area contributed by atoms with Crippen LogP contribution in [0.5, 0.6) is 0 Å². The fourth-order valence-corrected chi connectivity index (χ4v) is 2.60. The predicted molar refractivity (Wildman–Crippen MR) is 70.2 cm³/mol. The van der Waals surface area contributed by atoms with Gasteiger partial charge >= 0.3 is 0 Å². The van der Waals surface area contributed by atoms with Crippen molar-refractivity contribution < 1.29 is 0 Å². The van der Waals surface area contributed by atoms with Crippen molar-refractivity contribution in [3.63, 3.8) is 0 Å². The summed E-state index contributed by atoms with van der Waals surface area (Å²) in [6.07, 6.45) is 3.48. The third kappa shape index (κ3) is 2.23. The summed E-state index contributed by atoms with van der Waals surface area (Å²) >= 11 is 0. The first-order valence-electron chi connectivity index (χ1n) is 6.61. The number of nitrogens with zero attached hydrogens (tertiary/aromatic N) is 3. The number of rotatable bonds is 3. The van der Waals surface area contributed by atoms with E-state index in [1.54, 1.807) is 0 Å². The Balaban J connectivity index is 1.84. The van der Waals surface area contributed by atoms with Gasteiger partial charge in [-0.05, 0) is 44.0 Å². The Labute approximate surface area is 106 Å². The fourth-order valence-electron chi connectivity index (χ4n) is 2.60. The van der Waals surface area contributed by atoms with E-state index in [1.165, 1.54) is 12.8 Å². The number of nitrogens with one attached hydrogen (secondary N) is 1. The van der Waals surface area contributed by atoms with Gasteiger partial charge in [-0.2, -0.15) is 5.10 Å². The first-order chi connectivity index (χ1) is 8.86. The number of fused-ring (bicyclic) bond motifs is 1. The van der Waals surface area contributed by atoms with Gasteiger partial charge in [-0.3, -0.25) is 0 Å². The molecule has 1 saturated heterocycles. The Morgan fingerprint density at radius 3 is 3.17 bits per heavy atom. The van der Waals surface area contributed by atoms with E-state index in [4.69, 9.17) is 5.73 Å². The lowest BCUT2D eigenvalue weighted by atomic mass is 9.96. The first-order valence-corrected chi connectivity index (χ1v) is 6.61. The second-order valence-electron chi connectivity index (χ2n) is 4.94. The Morgan fingerprint density at radius 2 is 2.39 bits per heavy atom. The molecular formula is C13H19N5. The Morgan fingerprint density at radius 1 is 1.44 bits per heavy atom. The van der Waals surface area contributed by atoms with Gasteiger partial charge in [0.25, 0.3) is 0 Å². The van der Waals surface area contributed by atoms with Crippen molar-refractivity contribution in [2.45, 2.75) is 25.8 Å². The maximum absolute atomic E-state index is 5.71. The monoisotopic (exact) mass is 245 g/mol. The van der Waals surface area contributed by atoms with E-state index < -0.39 is 0 Å². The Kier molecular flexibility index (Phi) is 3.25. The Hall–Kier alpha value is -1.46. The summed E-state index contributed by atoms with van der Waals surface area (Å²) in [5, 5.41) is 8.00. The summed E-state index contributed by atoms with van der Waals surface area (Å²) in [6, 6.07) is 5.96. The minimum Gasteiger partial charge on any atom is -0.325 e. The van der Waals surface area contributed by atoms with Crippen LogP contribution in [0.3, 0.4) is 0 Å². The molecular weight excluding hydrogens is 226 g/mol. The molecule has 1 unspecified atom stereocenters. The molecule has 96 valence electrons. The van der Waals surface area contributed by atoms with Crippen LogP contribution in [-0.4, -0.2) is 27.7 Å². The number of nitrogens with two attached hydrogens (primary N) is 1. The molecule has 3 N–H and O–H groups in total. The van der Waals surface area contributed by atoms with Gasteiger partial charge in [0.15, 0.2) is 11.5 Å². The zero-order valence-electron chi connectivity index (χ0n) is 10.5. The van der Waals surface area contributed by atoms with E-state index in [9.17, 15) is 0 Å². The van der Waals surface area contributed by atoms with Crippen molar-refractivity contribution in [2.24, 2.45) is 11.7 Å². The smallest absolute Gasteiger partial charge is 0.155 e. The standard InChI is InChI=1S/C13H19N5/c14-8-11-4-1-5-13-16-12(17-18(11)13)7-10-3-2-6-15-9-10/h1,4-5,10,15H,2-3,6-9,14H2. The molecule has 2 aromatic rings. The summed E-state index contributed by atoms with van der Waals surface area (Å²) in [6.45, 7) is 2.72. The van der Waals surface area contributed by atoms with Crippen molar-refractivity contribution in [2.75, 3.05) is 13.1 Å². The molecule has 1 atom stereocenters. The molecule has 5 heteroatoms. The highest BCUT2D eigenvalue weighted by Gasteiger charge is 2.16. The Bertz CT molecular complexity index is 527. The van der Waals surface area contributed by atoms with Crippen molar-refractivity contribution in [3.05, 3.63) is 29.7 Å². The zero-order chi connectivity index (χ0) is 12.4. The van der Waals surface area contributed by atoms with Crippen LogP contribution in [0.1, 0.15) is 24.4 Å². The topological polar surface area (TPSA) is 68.2 Å². The van der Waals surface area contributed by atoms with Crippen LogP contribution >= 0.6 is 0 Å². The van der Waals surface area contributed by atoms with Crippen LogP contribution in [0.25, 0.3) is 5.65 Å². The van der Waals surface area contributed by atoms with Gasteiger partial charge in [0.05, 0.1) is 5.69 Å². The van der Waals surface area contributed by atoms with E-state index in [0.29, 0.717) is 12.5 Å². The highest BCUT2D eigenvalue weighted by molar-refractivity contribution is 5.38. The molecule has 0 saturated carbocycles. The summed E-state index contributed by atoms with van der Waals surface area (Å²) in [5.41, 5.74) is 7.62. The van der Waals surface area contributed by atoms with E-state index in [0.717, 1.165) is 36.7 Å². The highest BCUT2D eigenvalue weighted by atomic mass is 15.3. The van der Waals surface area contributed by atoms with Gasteiger partial charge in [-0.25, -0.2) is 9.50 Å². The largest absolute Gasteiger partial charge is 0.325 e. The quantitative estimate of drug-likeness (QED) is 0.836. The van der Waals surface area contributed by atoms with Gasteiger partial charge in [-0.15, -0.1) is 0 Å². The number of pyridine rings is 1. The molecule has 0 aliphatic carbocycles. The van der Waals surface area contributed by atoms with Crippen molar-refractivity contribution in [1.29, 1.82) is 0 Å².